The van der Waals surface area contributed by atoms with Crippen molar-refractivity contribution in [3.05, 3.63) is 60.2 Å². The number of pyridine rings is 1. The fourth-order valence-electron chi connectivity index (χ4n) is 1.40. The number of nitrogens with zero attached hydrogens (tertiary/aromatic N) is 1. The van der Waals surface area contributed by atoms with E-state index in [-0.39, 0.29) is 11.8 Å². The number of hydrogen-bond donors (Lipinski definition) is 2. The number of rotatable bonds is 3. The fraction of sp³-hybridized carbons (Fsp3) is 0.0769. The third-order valence-electron chi connectivity index (χ3n) is 2.29. The summed E-state index contributed by atoms with van der Waals surface area (Å²) >= 11 is 0. The van der Waals surface area contributed by atoms with Gasteiger partial charge in [-0.25, -0.2) is 9.18 Å². The van der Waals surface area contributed by atoms with E-state index in [2.05, 4.69) is 15.6 Å². The first-order valence-corrected chi connectivity index (χ1v) is 5.43. The van der Waals surface area contributed by atoms with Crippen molar-refractivity contribution in [2.24, 2.45) is 0 Å². The van der Waals surface area contributed by atoms with E-state index in [4.69, 9.17) is 0 Å². The van der Waals surface area contributed by atoms with E-state index in [0.29, 0.717) is 12.2 Å². The Balaban J connectivity index is 1.83. The van der Waals surface area contributed by atoms with Crippen LogP contribution in [0.4, 0.5) is 14.9 Å². The van der Waals surface area contributed by atoms with Crippen molar-refractivity contribution in [1.29, 1.82) is 0 Å². The standard InChI is InChI=1S/C13H12FN3O/c14-11-5-3-10(4-6-11)8-16-13(18)17-12-2-1-7-15-9-12/h1-7,9H,8H2,(H2,16,17,18). The monoisotopic (exact) mass is 245 g/mol. The summed E-state index contributed by atoms with van der Waals surface area (Å²) in [5.41, 5.74) is 1.45. The zero-order valence-electron chi connectivity index (χ0n) is 9.56. The van der Waals surface area contributed by atoms with Crippen molar-refractivity contribution in [2.45, 2.75) is 6.54 Å². The van der Waals surface area contributed by atoms with Gasteiger partial charge in [-0.15, -0.1) is 0 Å². The third-order valence-corrected chi connectivity index (χ3v) is 2.29. The van der Waals surface area contributed by atoms with Crippen LogP contribution in [0.1, 0.15) is 5.56 Å². The van der Waals surface area contributed by atoms with Crippen LogP contribution in [-0.2, 0) is 6.54 Å². The summed E-state index contributed by atoms with van der Waals surface area (Å²) in [5.74, 6) is -0.293. The molecule has 0 aliphatic heterocycles. The maximum absolute atomic E-state index is 12.7. The Morgan fingerprint density at radius 3 is 2.67 bits per heavy atom. The highest BCUT2D eigenvalue weighted by Crippen LogP contribution is 2.04. The van der Waals surface area contributed by atoms with Crippen LogP contribution in [0.15, 0.2) is 48.8 Å². The van der Waals surface area contributed by atoms with Gasteiger partial charge in [0.1, 0.15) is 5.82 Å². The van der Waals surface area contributed by atoms with Crippen molar-refractivity contribution in [3.63, 3.8) is 0 Å². The lowest BCUT2D eigenvalue weighted by Gasteiger charge is -2.07. The lowest BCUT2D eigenvalue weighted by atomic mass is 10.2. The highest BCUT2D eigenvalue weighted by atomic mass is 19.1. The van der Waals surface area contributed by atoms with Crippen molar-refractivity contribution < 1.29 is 9.18 Å². The molecule has 0 saturated carbocycles. The quantitative estimate of drug-likeness (QED) is 0.873. The number of benzene rings is 1. The number of halogens is 1. The number of anilines is 1. The first kappa shape index (κ1) is 12.0. The SMILES string of the molecule is O=C(NCc1ccc(F)cc1)Nc1cccnc1. The molecule has 2 N–H and O–H groups in total. The lowest BCUT2D eigenvalue weighted by molar-refractivity contribution is 0.251. The molecule has 18 heavy (non-hydrogen) atoms. The maximum Gasteiger partial charge on any atom is 0.319 e. The maximum atomic E-state index is 12.7. The molecule has 0 aliphatic carbocycles. The fourth-order valence-corrected chi connectivity index (χ4v) is 1.40. The molecular weight excluding hydrogens is 233 g/mol. The van der Waals surface area contributed by atoms with Gasteiger partial charge in [-0.1, -0.05) is 12.1 Å². The van der Waals surface area contributed by atoms with Gasteiger partial charge in [-0.05, 0) is 29.8 Å². The smallest absolute Gasteiger partial charge is 0.319 e. The van der Waals surface area contributed by atoms with Gasteiger partial charge >= 0.3 is 6.03 Å². The second-order valence-corrected chi connectivity index (χ2v) is 3.68. The molecule has 0 atom stereocenters. The predicted molar refractivity (Wildman–Crippen MR) is 66.5 cm³/mol. The van der Waals surface area contributed by atoms with Gasteiger partial charge in [0.2, 0.25) is 0 Å². The Bertz CT molecular complexity index is 514. The minimum Gasteiger partial charge on any atom is -0.334 e. The van der Waals surface area contributed by atoms with Gasteiger partial charge in [0.15, 0.2) is 0 Å². The Morgan fingerprint density at radius 2 is 2.00 bits per heavy atom. The molecule has 0 spiro atoms. The summed E-state index contributed by atoms with van der Waals surface area (Å²) in [4.78, 5) is 15.4. The van der Waals surface area contributed by atoms with Crippen molar-refractivity contribution in [1.82, 2.24) is 10.3 Å². The molecule has 1 aromatic carbocycles. The molecule has 1 aromatic heterocycles. The van der Waals surface area contributed by atoms with Gasteiger partial charge in [0.05, 0.1) is 11.9 Å². The highest BCUT2D eigenvalue weighted by molar-refractivity contribution is 5.88. The number of carbonyl (C=O) groups is 1. The van der Waals surface area contributed by atoms with Crippen LogP contribution in [-0.4, -0.2) is 11.0 Å². The van der Waals surface area contributed by atoms with Crippen LogP contribution in [0.5, 0.6) is 0 Å². The average Bonchev–Trinajstić information content (AvgIpc) is 2.39. The molecule has 0 radical (unpaired) electrons. The number of hydrogen-bond acceptors (Lipinski definition) is 2. The van der Waals surface area contributed by atoms with E-state index in [9.17, 15) is 9.18 Å². The van der Waals surface area contributed by atoms with Crippen molar-refractivity contribution in [3.8, 4) is 0 Å². The number of urea groups is 1. The Labute approximate surface area is 104 Å². The van der Waals surface area contributed by atoms with Gasteiger partial charge in [-0.3, -0.25) is 4.98 Å². The summed E-state index contributed by atoms with van der Waals surface area (Å²) in [6.07, 6.45) is 3.18. The zero-order chi connectivity index (χ0) is 12.8. The molecule has 2 amide bonds. The molecule has 2 aromatic rings. The molecule has 1 heterocycles. The Hall–Kier alpha value is -2.43. The molecular formula is C13H12FN3O. The normalized spacial score (nSPS) is 9.83. The Morgan fingerprint density at radius 1 is 1.22 bits per heavy atom. The average molecular weight is 245 g/mol. The van der Waals surface area contributed by atoms with Crippen molar-refractivity contribution >= 4 is 11.7 Å². The first-order chi connectivity index (χ1) is 8.74. The van der Waals surface area contributed by atoms with Crippen LogP contribution in [0, 0.1) is 5.82 Å². The van der Waals surface area contributed by atoms with Gasteiger partial charge in [0, 0.05) is 12.7 Å². The molecule has 5 heteroatoms. The van der Waals surface area contributed by atoms with E-state index in [1.807, 2.05) is 0 Å². The largest absolute Gasteiger partial charge is 0.334 e. The minimum atomic E-state index is -0.327. The summed E-state index contributed by atoms with van der Waals surface area (Å²) in [7, 11) is 0. The molecule has 0 unspecified atom stereocenters. The van der Waals surface area contributed by atoms with E-state index in [1.165, 1.54) is 12.1 Å². The van der Waals surface area contributed by atoms with E-state index in [0.717, 1.165) is 5.56 Å². The van der Waals surface area contributed by atoms with Crippen LogP contribution in [0.2, 0.25) is 0 Å². The van der Waals surface area contributed by atoms with E-state index >= 15 is 0 Å². The van der Waals surface area contributed by atoms with Gasteiger partial charge in [0.25, 0.3) is 0 Å². The number of aromatic nitrogens is 1. The molecule has 2 rings (SSSR count). The molecule has 0 saturated heterocycles. The molecule has 0 bridgehead atoms. The summed E-state index contributed by atoms with van der Waals surface area (Å²) in [6, 6.07) is 9.11. The van der Waals surface area contributed by atoms with E-state index in [1.54, 1.807) is 36.7 Å². The second kappa shape index (κ2) is 5.77. The van der Waals surface area contributed by atoms with Crippen LogP contribution in [0.3, 0.4) is 0 Å². The summed E-state index contributed by atoms with van der Waals surface area (Å²) in [5, 5.41) is 5.30. The van der Waals surface area contributed by atoms with Crippen LogP contribution < -0.4 is 10.6 Å². The second-order valence-electron chi connectivity index (χ2n) is 3.68. The number of nitrogens with one attached hydrogen (secondary N) is 2. The molecule has 0 aliphatic rings. The van der Waals surface area contributed by atoms with Crippen LogP contribution in [0.25, 0.3) is 0 Å². The predicted octanol–water partition coefficient (Wildman–Crippen LogP) is 2.54. The van der Waals surface area contributed by atoms with E-state index < -0.39 is 0 Å². The van der Waals surface area contributed by atoms with Crippen molar-refractivity contribution in [2.75, 3.05) is 5.32 Å². The number of amides is 2. The number of carbonyl (C=O) groups excluding carboxylic acids is 1. The lowest BCUT2D eigenvalue weighted by Crippen LogP contribution is -2.28. The summed E-state index contributed by atoms with van der Waals surface area (Å²) < 4.78 is 12.7. The minimum absolute atomic E-state index is 0.293. The third kappa shape index (κ3) is 3.55. The Kier molecular flexibility index (Phi) is 3.86. The van der Waals surface area contributed by atoms with Gasteiger partial charge < -0.3 is 10.6 Å². The zero-order valence-corrected chi connectivity index (χ0v) is 9.56. The molecule has 92 valence electrons. The topological polar surface area (TPSA) is 54.0 Å². The molecule has 0 fully saturated rings. The molecule has 4 nitrogen and oxygen atoms in total. The first-order valence-electron chi connectivity index (χ1n) is 5.43. The van der Waals surface area contributed by atoms with Gasteiger partial charge in [-0.2, -0.15) is 0 Å². The summed E-state index contributed by atoms with van der Waals surface area (Å²) in [6.45, 7) is 0.340. The van der Waals surface area contributed by atoms with Crippen LogP contribution >= 0.6 is 0 Å². The highest BCUT2D eigenvalue weighted by Gasteiger charge is 2.01.